The van der Waals surface area contributed by atoms with E-state index in [1.807, 2.05) is 0 Å². The van der Waals surface area contributed by atoms with E-state index in [4.69, 9.17) is 4.74 Å². The second-order valence-corrected chi connectivity index (χ2v) is 7.11. The maximum absolute atomic E-state index is 12.3. The number of thiophene rings is 1. The summed E-state index contributed by atoms with van der Waals surface area (Å²) >= 11 is 1.53. The molecule has 0 spiro atoms. The van der Waals surface area contributed by atoms with E-state index in [1.165, 1.54) is 16.2 Å². The Balaban J connectivity index is 2.20. The Kier molecular flexibility index (Phi) is 6.59. The number of carbonyl (C=O) groups is 2. The van der Waals surface area contributed by atoms with Crippen LogP contribution < -0.4 is 10.6 Å². The molecule has 1 aliphatic rings. The van der Waals surface area contributed by atoms with Gasteiger partial charge in [-0.15, -0.1) is 11.3 Å². The SMILES string of the molecule is CCCNCC(=O)Nc1sc2c(c1C(=O)OCC)CCC(C)C2. The van der Waals surface area contributed by atoms with Gasteiger partial charge in [0, 0.05) is 4.88 Å². The third-order valence-corrected chi connectivity index (χ3v) is 5.13. The topological polar surface area (TPSA) is 67.4 Å². The Labute approximate surface area is 141 Å². The van der Waals surface area contributed by atoms with Crippen LogP contribution in [0.5, 0.6) is 0 Å². The molecule has 5 nitrogen and oxygen atoms in total. The largest absolute Gasteiger partial charge is 0.462 e. The van der Waals surface area contributed by atoms with Crippen LogP contribution >= 0.6 is 11.3 Å². The van der Waals surface area contributed by atoms with Gasteiger partial charge in [-0.05, 0) is 50.6 Å². The Morgan fingerprint density at radius 3 is 2.83 bits per heavy atom. The van der Waals surface area contributed by atoms with Gasteiger partial charge in [-0.2, -0.15) is 0 Å². The van der Waals surface area contributed by atoms with Crippen LogP contribution in [0.25, 0.3) is 0 Å². The van der Waals surface area contributed by atoms with Gasteiger partial charge >= 0.3 is 5.97 Å². The molecular weight excluding hydrogens is 312 g/mol. The second-order valence-electron chi connectivity index (χ2n) is 6.00. The molecule has 0 aliphatic heterocycles. The van der Waals surface area contributed by atoms with Crippen LogP contribution in [0.15, 0.2) is 0 Å². The molecule has 0 bridgehead atoms. The smallest absolute Gasteiger partial charge is 0.341 e. The van der Waals surface area contributed by atoms with Crippen LogP contribution in [0.1, 0.15) is 54.4 Å². The van der Waals surface area contributed by atoms with Crippen molar-refractivity contribution in [2.45, 2.75) is 46.5 Å². The average Bonchev–Trinajstić information content (AvgIpc) is 2.84. The van der Waals surface area contributed by atoms with Gasteiger partial charge in [0.05, 0.1) is 18.7 Å². The summed E-state index contributed by atoms with van der Waals surface area (Å²) in [5.74, 6) is 0.179. The summed E-state index contributed by atoms with van der Waals surface area (Å²) in [6, 6.07) is 0. The minimum Gasteiger partial charge on any atom is -0.462 e. The number of ether oxygens (including phenoxy) is 1. The summed E-state index contributed by atoms with van der Waals surface area (Å²) in [6.07, 6.45) is 3.90. The van der Waals surface area contributed by atoms with Gasteiger partial charge in [-0.25, -0.2) is 4.79 Å². The third kappa shape index (κ3) is 4.54. The quantitative estimate of drug-likeness (QED) is 0.592. The lowest BCUT2D eigenvalue weighted by Gasteiger charge is -2.18. The van der Waals surface area contributed by atoms with Crippen LogP contribution in [0.3, 0.4) is 0 Å². The predicted molar refractivity (Wildman–Crippen MR) is 93.3 cm³/mol. The molecule has 0 saturated carbocycles. The van der Waals surface area contributed by atoms with Crippen molar-refractivity contribution in [3.8, 4) is 0 Å². The predicted octanol–water partition coefficient (Wildman–Crippen LogP) is 2.99. The van der Waals surface area contributed by atoms with Crippen molar-refractivity contribution < 1.29 is 14.3 Å². The van der Waals surface area contributed by atoms with Gasteiger partial charge in [-0.3, -0.25) is 4.79 Å². The molecule has 0 radical (unpaired) electrons. The van der Waals surface area contributed by atoms with E-state index in [2.05, 4.69) is 24.5 Å². The molecule has 0 aromatic carbocycles. The molecule has 2 N–H and O–H groups in total. The molecule has 0 fully saturated rings. The maximum Gasteiger partial charge on any atom is 0.341 e. The summed E-state index contributed by atoms with van der Waals surface area (Å²) in [5, 5.41) is 6.62. The second kappa shape index (κ2) is 8.45. The first-order valence-corrected chi connectivity index (χ1v) is 9.20. The van der Waals surface area contributed by atoms with Crippen LogP contribution in [-0.4, -0.2) is 31.6 Å². The Bertz CT molecular complexity index is 568. The number of hydrogen-bond donors (Lipinski definition) is 2. The number of anilines is 1. The molecule has 1 aromatic heterocycles. The molecule has 128 valence electrons. The van der Waals surface area contributed by atoms with Crippen molar-refractivity contribution in [1.29, 1.82) is 0 Å². The summed E-state index contributed by atoms with van der Waals surface area (Å²) in [7, 11) is 0. The fourth-order valence-electron chi connectivity index (χ4n) is 2.81. The Morgan fingerprint density at radius 1 is 1.35 bits per heavy atom. The van der Waals surface area contributed by atoms with Crippen LogP contribution in [0.2, 0.25) is 0 Å². The fraction of sp³-hybridized carbons (Fsp3) is 0.647. The Hall–Kier alpha value is -1.40. The highest BCUT2D eigenvalue weighted by Crippen LogP contribution is 2.40. The van der Waals surface area contributed by atoms with E-state index in [1.54, 1.807) is 6.92 Å². The molecule has 1 atom stereocenters. The zero-order valence-electron chi connectivity index (χ0n) is 14.2. The number of amides is 1. The summed E-state index contributed by atoms with van der Waals surface area (Å²) in [5.41, 5.74) is 1.64. The zero-order valence-corrected chi connectivity index (χ0v) is 15.0. The monoisotopic (exact) mass is 338 g/mol. The maximum atomic E-state index is 12.3. The molecule has 1 amide bonds. The van der Waals surface area contributed by atoms with E-state index in [0.29, 0.717) is 23.1 Å². The van der Waals surface area contributed by atoms with E-state index in [9.17, 15) is 9.59 Å². The van der Waals surface area contributed by atoms with Crippen molar-refractivity contribution >= 4 is 28.2 Å². The molecule has 2 rings (SSSR count). The molecule has 1 unspecified atom stereocenters. The fourth-order valence-corrected chi connectivity index (χ4v) is 4.22. The molecular formula is C17H26N2O3S. The van der Waals surface area contributed by atoms with Gasteiger partial charge in [-0.1, -0.05) is 13.8 Å². The number of esters is 1. The number of fused-ring (bicyclic) bond motifs is 1. The van der Waals surface area contributed by atoms with Gasteiger partial charge in [0.25, 0.3) is 0 Å². The van der Waals surface area contributed by atoms with E-state index >= 15 is 0 Å². The lowest BCUT2D eigenvalue weighted by atomic mass is 9.88. The summed E-state index contributed by atoms with van der Waals surface area (Å²) < 4.78 is 5.20. The molecule has 6 heteroatoms. The van der Waals surface area contributed by atoms with Crippen LogP contribution in [0, 0.1) is 5.92 Å². The first kappa shape index (κ1) is 17.9. The highest BCUT2D eigenvalue weighted by Gasteiger charge is 2.28. The standard InChI is InChI=1S/C17H26N2O3S/c1-4-8-18-10-14(20)19-16-15(17(21)22-5-2)12-7-6-11(3)9-13(12)23-16/h11,18H,4-10H2,1-3H3,(H,19,20). The third-order valence-electron chi connectivity index (χ3n) is 3.96. The Morgan fingerprint density at radius 2 is 2.13 bits per heavy atom. The van der Waals surface area contributed by atoms with E-state index < -0.39 is 0 Å². The highest BCUT2D eigenvalue weighted by atomic mass is 32.1. The lowest BCUT2D eigenvalue weighted by molar-refractivity contribution is -0.115. The van der Waals surface area contributed by atoms with E-state index in [0.717, 1.165) is 37.8 Å². The highest BCUT2D eigenvalue weighted by molar-refractivity contribution is 7.17. The number of carbonyl (C=O) groups excluding carboxylic acids is 2. The molecule has 1 aromatic rings. The minimum absolute atomic E-state index is 0.115. The van der Waals surface area contributed by atoms with Crippen molar-refractivity contribution in [3.63, 3.8) is 0 Å². The normalized spacial score (nSPS) is 16.7. The molecule has 1 aliphatic carbocycles. The van der Waals surface area contributed by atoms with Crippen LogP contribution in [-0.2, 0) is 22.4 Å². The number of rotatable bonds is 7. The zero-order chi connectivity index (χ0) is 16.8. The van der Waals surface area contributed by atoms with Crippen molar-refractivity contribution in [2.75, 3.05) is 25.0 Å². The van der Waals surface area contributed by atoms with Gasteiger partial charge in [0.1, 0.15) is 5.00 Å². The first-order chi connectivity index (χ1) is 11.1. The molecule has 1 heterocycles. The molecule has 0 saturated heterocycles. The van der Waals surface area contributed by atoms with Gasteiger partial charge in [0.15, 0.2) is 0 Å². The van der Waals surface area contributed by atoms with Crippen molar-refractivity contribution in [2.24, 2.45) is 5.92 Å². The first-order valence-electron chi connectivity index (χ1n) is 8.39. The summed E-state index contributed by atoms with van der Waals surface area (Å²) in [4.78, 5) is 25.6. The van der Waals surface area contributed by atoms with E-state index in [-0.39, 0.29) is 18.4 Å². The minimum atomic E-state index is -0.323. The van der Waals surface area contributed by atoms with Crippen LogP contribution in [0.4, 0.5) is 5.00 Å². The number of nitrogens with one attached hydrogen (secondary N) is 2. The average molecular weight is 338 g/mol. The van der Waals surface area contributed by atoms with Gasteiger partial charge < -0.3 is 15.4 Å². The lowest BCUT2D eigenvalue weighted by Crippen LogP contribution is -2.28. The number of hydrogen-bond acceptors (Lipinski definition) is 5. The summed E-state index contributed by atoms with van der Waals surface area (Å²) in [6.45, 7) is 7.47. The van der Waals surface area contributed by atoms with Gasteiger partial charge in [0.2, 0.25) is 5.91 Å². The van der Waals surface area contributed by atoms with Crippen molar-refractivity contribution in [3.05, 3.63) is 16.0 Å². The molecule has 23 heavy (non-hydrogen) atoms. The van der Waals surface area contributed by atoms with Crippen molar-refractivity contribution in [1.82, 2.24) is 5.32 Å².